The van der Waals surface area contributed by atoms with Crippen molar-refractivity contribution in [2.45, 2.75) is 19.4 Å². The average Bonchev–Trinajstić information content (AvgIpc) is 3.36. The predicted octanol–water partition coefficient (Wildman–Crippen LogP) is 2.09. The molecule has 0 saturated carbocycles. The summed E-state index contributed by atoms with van der Waals surface area (Å²) in [5.41, 5.74) is -0.0650. The number of fused-ring (bicyclic) bond motifs is 1. The Bertz CT molecular complexity index is 1120. The van der Waals surface area contributed by atoms with Crippen molar-refractivity contribution in [2.75, 3.05) is 5.32 Å². The van der Waals surface area contributed by atoms with E-state index in [1.54, 1.807) is 6.07 Å². The first kappa shape index (κ1) is 17.7. The Labute approximate surface area is 160 Å². The van der Waals surface area contributed by atoms with Gasteiger partial charge in [-0.2, -0.15) is 0 Å². The number of rotatable bonds is 5. The van der Waals surface area contributed by atoms with Gasteiger partial charge in [-0.15, -0.1) is 16.4 Å². The second-order valence-electron chi connectivity index (χ2n) is 5.92. The number of nitro groups is 1. The van der Waals surface area contributed by atoms with Gasteiger partial charge in [0.15, 0.2) is 0 Å². The third-order valence-corrected chi connectivity index (χ3v) is 5.18. The molecule has 12 heteroatoms. The van der Waals surface area contributed by atoms with Gasteiger partial charge in [0.25, 0.3) is 11.6 Å². The lowest BCUT2D eigenvalue weighted by molar-refractivity contribution is -0.384. The number of nitro benzene ring substituents is 1. The molecule has 1 aromatic carbocycles. The van der Waals surface area contributed by atoms with Crippen molar-refractivity contribution in [1.29, 1.82) is 0 Å². The Morgan fingerprint density at radius 2 is 2.00 bits per heavy atom. The molecule has 142 valence electrons. The summed E-state index contributed by atoms with van der Waals surface area (Å²) >= 11 is 1.16. The zero-order chi connectivity index (χ0) is 19.8. The number of imide groups is 1. The summed E-state index contributed by atoms with van der Waals surface area (Å²) in [4.78, 5) is 47.3. The number of aromatic nitrogens is 2. The fourth-order valence-electron chi connectivity index (χ4n) is 2.72. The molecule has 1 N–H and O–H groups in total. The molecule has 3 heterocycles. The van der Waals surface area contributed by atoms with Crippen LogP contribution in [-0.2, 0) is 16.1 Å². The maximum Gasteiger partial charge on any atom is 0.322 e. The van der Waals surface area contributed by atoms with Crippen molar-refractivity contribution in [2.24, 2.45) is 0 Å². The van der Waals surface area contributed by atoms with Crippen LogP contribution in [0.15, 0.2) is 28.7 Å². The van der Waals surface area contributed by atoms with E-state index in [9.17, 15) is 24.5 Å². The number of nitrogens with one attached hydrogen (secondary N) is 1. The molecule has 0 unspecified atom stereocenters. The number of hydrogen-bond donors (Lipinski definition) is 1. The number of non-ortho nitro benzene ring substituents is 1. The van der Waals surface area contributed by atoms with E-state index in [1.807, 2.05) is 0 Å². The van der Waals surface area contributed by atoms with Crippen LogP contribution in [0.5, 0.6) is 0 Å². The third kappa shape index (κ3) is 3.32. The number of benzene rings is 1. The molecule has 1 fully saturated rings. The molecule has 2 aromatic heterocycles. The zero-order valence-corrected chi connectivity index (χ0v) is 14.9. The van der Waals surface area contributed by atoms with Gasteiger partial charge in [0.1, 0.15) is 6.54 Å². The lowest BCUT2D eigenvalue weighted by atomic mass is 10.2. The largest absolute Gasteiger partial charge is 0.406 e. The Kier molecular flexibility index (Phi) is 4.31. The Balaban J connectivity index is 1.47. The van der Waals surface area contributed by atoms with Crippen molar-refractivity contribution in [3.8, 4) is 0 Å². The van der Waals surface area contributed by atoms with E-state index in [0.29, 0.717) is 15.0 Å². The summed E-state index contributed by atoms with van der Waals surface area (Å²) < 4.78 is 5.99. The number of thiophene rings is 1. The van der Waals surface area contributed by atoms with Crippen molar-refractivity contribution in [3.63, 3.8) is 0 Å². The highest BCUT2D eigenvalue weighted by Gasteiger charge is 2.30. The van der Waals surface area contributed by atoms with E-state index in [1.165, 1.54) is 18.2 Å². The van der Waals surface area contributed by atoms with Gasteiger partial charge in [-0.05, 0) is 12.1 Å². The van der Waals surface area contributed by atoms with Crippen LogP contribution in [0.4, 0.5) is 11.7 Å². The first-order chi connectivity index (χ1) is 13.4. The minimum Gasteiger partial charge on any atom is -0.406 e. The molecule has 1 saturated heterocycles. The second kappa shape index (κ2) is 6.81. The summed E-state index contributed by atoms with van der Waals surface area (Å²) in [6.07, 6.45) is 0.307. The standard InChI is InChI=1S/C16H11N5O6S/c22-13-3-4-14(23)20(13)7-12-18-19-16(27-12)17-15(24)11-6-8-5-9(21(25)26)1-2-10(8)28-11/h1-2,5-6H,3-4,7H2,(H,17,19,24). The number of nitrogens with zero attached hydrogens (tertiary/aromatic N) is 4. The van der Waals surface area contributed by atoms with Crippen LogP contribution in [0.3, 0.4) is 0 Å². The van der Waals surface area contributed by atoms with Gasteiger partial charge >= 0.3 is 6.01 Å². The van der Waals surface area contributed by atoms with Gasteiger partial charge in [-0.1, -0.05) is 5.10 Å². The topological polar surface area (TPSA) is 149 Å². The van der Waals surface area contributed by atoms with Gasteiger partial charge in [0.2, 0.25) is 17.7 Å². The molecule has 0 bridgehead atoms. The second-order valence-corrected chi connectivity index (χ2v) is 7.00. The van der Waals surface area contributed by atoms with Crippen LogP contribution in [0, 0.1) is 10.1 Å². The van der Waals surface area contributed by atoms with Crippen molar-refractivity contribution in [3.05, 3.63) is 45.1 Å². The summed E-state index contributed by atoms with van der Waals surface area (Å²) in [6, 6.07) is 5.68. The quantitative estimate of drug-likeness (QED) is 0.388. The first-order valence-electron chi connectivity index (χ1n) is 8.05. The van der Waals surface area contributed by atoms with Crippen LogP contribution in [-0.4, -0.2) is 37.7 Å². The van der Waals surface area contributed by atoms with Crippen LogP contribution in [0.2, 0.25) is 0 Å². The SMILES string of the molecule is O=C(Nc1nnc(CN2C(=O)CCC2=O)o1)c1cc2cc([N+](=O)[O-])ccc2s1. The van der Waals surface area contributed by atoms with E-state index in [-0.39, 0.29) is 48.8 Å². The smallest absolute Gasteiger partial charge is 0.322 e. The molecule has 0 atom stereocenters. The van der Waals surface area contributed by atoms with Gasteiger partial charge in [-0.3, -0.25) is 34.7 Å². The van der Waals surface area contributed by atoms with Crippen LogP contribution >= 0.6 is 11.3 Å². The van der Waals surface area contributed by atoms with Crippen molar-refractivity contribution >= 4 is 50.8 Å². The van der Waals surface area contributed by atoms with Crippen LogP contribution < -0.4 is 5.32 Å². The first-order valence-corrected chi connectivity index (χ1v) is 8.87. The molecule has 3 aromatic rings. The minimum atomic E-state index is -0.521. The normalized spacial score (nSPS) is 14.1. The molecule has 28 heavy (non-hydrogen) atoms. The van der Waals surface area contributed by atoms with E-state index < -0.39 is 10.8 Å². The number of hydrogen-bond acceptors (Lipinski definition) is 9. The molecule has 0 aliphatic carbocycles. The Morgan fingerprint density at radius 3 is 2.71 bits per heavy atom. The maximum absolute atomic E-state index is 12.4. The minimum absolute atomic E-state index is 0.0193. The molecular weight excluding hydrogens is 390 g/mol. The van der Waals surface area contributed by atoms with E-state index in [4.69, 9.17) is 4.42 Å². The molecule has 3 amide bonds. The maximum atomic E-state index is 12.4. The number of amides is 3. The van der Waals surface area contributed by atoms with Crippen molar-refractivity contribution in [1.82, 2.24) is 15.1 Å². The van der Waals surface area contributed by atoms with Gasteiger partial charge < -0.3 is 4.42 Å². The fourth-order valence-corrected chi connectivity index (χ4v) is 3.66. The van der Waals surface area contributed by atoms with Gasteiger partial charge in [0.05, 0.1) is 9.80 Å². The fraction of sp³-hybridized carbons (Fsp3) is 0.188. The Morgan fingerprint density at radius 1 is 1.25 bits per heavy atom. The third-order valence-electron chi connectivity index (χ3n) is 4.07. The predicted molar refractivity (Wildman–Crippen MR) is 95.5 cm³/mol. The van der Waals surface area contributed by atoms with E-state index >= 15 is 0 Å². The highest BCUT2D eigenvalue weighted by atomic mass is 32.1. The highest BCUT2D eigenvalue weighted by Crippen LogP contribution is 2.29. The molecule has 4 rings (SSSR count). The molecular formula is C16H11N5O6S. The summed E-state index contributed by atoms with van der Waals surface area (Å²) in [7, 11) is 0. The van der Waals surface area contributed by atoms with Crippen molar-refractivity contribution < 1.29 is 23.7 Å². The molecule has 0 spiro atoms. The van der Waals surface area contributed by atoms with Gasteiger partial charge in [-0.25, -0.2) is 0 Å². The van der Waals surface area contributed by atoms with E-state index in [0.717, 1.165) is 16.2 Å². The summed E-state index contributed by atoms with van der Waals surface area (Å²) in [6.45, 7) is -0.146. The highest BCUT2D eigenvalue weighted by molar-refractivity contribution is 7.20. The van der Waals surface area contributed by atoms with E-state index in [2.05, 4.69) is 15.5 Å². The van der Waals surface area contributed by atoms with Gasteiger partial charge in [0, 0.05) is 35.1 Å². The molecule has 1 aliphatic heterocycles. The zero-order valence-electron chi connectivity index (χ0n) is 14.1. The number of carbonyl (C=O) groups excluding carboxylic acids is 3. The molecule has 1 aliphatic rings. The monoisotopic (exact) mass is 401 g/mol. The lowest BCUT2D eigenvalue weighted by Gasteiger charge is -2.09. The number of likely N-dealkylation sites (tertiary alicyclic amines) is 1. The molecule has 11 nitrogen and oxygen atoms in total. The summed E-state index contributed by atoms with van der Waals surface area (Å²) in [5, 5.41) is 21.3. The summed E-state index contributed by atoms with van der Waals surface area (Å²) in [5.74, 6) is -1.13. The lowest BCUT2D eigenvalue weighted by Crippen LogP contribution is -2.28. The Hall–Kier alpha value is -3.67. The molecule has 0 radical (unpaired) electrons. The average molecular weight is 401 g/mol. The number of carbonyl (C=O) groups is 3. The number of anilines is 1. The van der Waals surface area contributed by atoms with Crippen LogP contribution in [0.25, 0.3) is 10.1 Å². The van der Waals surface area contributed by atoms with Crippen LogP contribution in [0.1, 0.15) is 28.4 Å².